The van der Waals surface area contributed by atoms with Gasteiger partial charge in [-0.15, -0.1) is 0 Å². The van der Waals surface area contributed by atoms with E-state index in [9.17, 15) is 0 Å². The van der Waals surface area contributed by atoms with Crippen LogP contribution in [0.5, 0.6) is 0 Å². The second-order valence-corrected chi connectivity index (χ2v) is 9.03. The van der Waals surface area contributed by atoms with Crippen LogP contribution in [0.3, 0.4) is 0 Å². The number of halogens is 2. The summed E-state index contributed by atoms with van der Waals surface area (Å²) >= 11 is 12.3. The Morgan fingerprint density at radius 3 is 2.79 bits per heavy atom. The van der Waals surface area contributed by atoms with E-state index in [1.807, 2.05) is 25.6 Å². The molecule has 5 heterocycles. The Labute approximate surface area is 204 Å². The van der Waals surface area contributed by atoms with Gasteiger partial charge < -0.3 is 15.6 Å². The number of hydrogen-bond acceptors (Lipinski definition) is 6. The van der Waals surface area contributed by atoms with Gasteiger partial charge in [-0.3, -0.25) is 9.08 Å². The highest BCUT2D eigenvalue weighted by Crippen LogP contribution is 2.29. The number of aromatic amines is 1. The normalized spacial score (nSPS) is 14.1. The fraction of sp³-hybridized carbons (Fsp3) is 0.217. The van der Waals surface area contributed by atoms with Crippen LogP contribution in [0, 0.1) is 0 Å². The van der Waals surface area contributed by atoms with Crippen LogP contribution < -0.4 is 10.6 Å². The molecule has 0 aliphatic carbocycles. The van der Waals surface area contributed by atoms with Crippen molar-refractivity contribution in [2.24, 2.45) is 7.05 Å². The molecule has 172 valence electrons. The fourth-order valence-electron chi connectivity index (χ4n) is 4.19. The van der Waals surface area contributed by atoms with Crippen LogP contribution >= 0.6 is 23.2 Å². The molecule has 34 heavy (non-hydrogen) atoms. The molecule has 1 aliphatic heterocycles. The second-order valence-electron chi connectivity index (χ2n) is 8.22. The van der Waals surface area contributed by atoms with Crippen molar-refractivity contribution in [2.45, 2.75) is 13.0 Å². The zero-order chi connectivity index (χ0) is 23.2. The molecule has 1 aromatic carbocycles. The van der Waals surface area contributed by atoms with E-state index < -0.39 is 0 Å². The number of aryl methyl sites for hydroxylation is 1. The number of anilines is 1. The molecule has 1 aliphatic rings. The van der Waals surface area contributed by atoms with Crippen molar-refractivity contribution in [2.75, 3.05) is 18.4 Å². The lowest BCUT2D eigenvalue weighted by Gasteiger charge is -2.16. The van der Waals surface area contributed by atoms with Crippen molar-refractivity contribution in [3.63, 3.8) is 0 Å². The summed E-state index contributed by atoms with van der Waals surface area (Å²) in [7, 11) is 1.90. The number of H-pyrrole nitrogens is 1. The van der Waals surface area contributed by atoms with Gasteiger partial charge in [0.25, 0.3) is 0 Å². The summed E-state index contributed by atoms with van der Waals surface area (Å²) < 4.78 is 3.86. The van der Waals surface area contributed by atoms with Crippen LogP contribution in [0.25, 0.3) is 33.5 Å². The molecule has 5 aromatic rings. The lowest BCUT2D eigenvalue weighted by atomic mass is 10.1. The quantitative estimate of drug-likeness (QED) is 0.337. The van der Waals surface area contributed by atoms with Crippen LogP contribution in [0.1, 0.15) is 17.9 Å². The molecule has 0 unspecified atom stereocenters. The van der Waals surface area contributed by atoms with Gasteiger partial charge in [0.1, 0.15) is 5.82 Å². The molecular formula is C23H21Cl2N9. The van der Waals surface area contributed by atoms with Crippen LogP contribution in [0.2, 0.25) is 10.0 Å². The van der Waals surface area contributed by atoms with Crippen LogP contribution in [0.15, 0.2) is 43.0 Å². The van der Waals surface area contributed by atoms with Gasteiger partial charge in [0.15, 0.2) is 11.5 Å². The first kappa shape index (κ1) is 21.2. The van der Waals surface area contributed by atoms with E-state index in [4.69, 9.17) is 28.2 Å². The number of benzene rings is 1. The molecule has 0 fully saturated rings. The van der Waals surface area contributed by atoms with Gasteiger partial charge in [-0.25, -0.2) is 15.0 Å². The molecule has 0 bridgehead atoms. The highest BCUT2D eigenvalue weighted by molar-refractivity contribution is 6.42. The SMILES string of the molecule is Cn1cc(-c2cnc3c(NCc4nc5cc(Cl)c(Cl)cc5[nH]4)nc(C4=CCNCC4)cn23)cn1. The molecule has 0 spiro atoms. The molecule has 0 radical (unpaired) electrons. The minimum atomic E-state index is 0.436. The molecule has 9 nitrogen and oxygen atoms in total. The molecule has 11 heteroatoms. The van der Waals surface area contributed by atoms with E-state index in [2.05, 4.69) is 47.4 Å². The molecular weight excluding hydrogens is 473 g/mol. The Morgan fingerprint density at radius 2 is 2.00 bits per heavy atom. The average Bonchev–Trinajstić information content (AvgIpc) is 3.56. The summed E-state index contributed by atoms with van der Waals surface area (Å²) in [6.07, 6.45) is 10.8. The largest absolute Gasteiger partial charge is 0.360 e. The van der Waals surface area contributed by atoms with Crippen molar-refractivity contribution >= 4 is 51.3 Å². The highest BCUT2D eigenvalue weighted by atomic mass is 35.5. The van der Waals surface area contributed by atoms with Crippen LogP contribution in [0.4, 0.5) is 5.82 Å². The Hall–Kier alpha value is -3.40. The molecule has 0 saturated heterocycles. The van der Waals surface area contributed by atoms with E-state index in [1.54, 1.807) is 16.8 Å². The minimum absolute atomic E-state index is 0.436. The lowest BCUT2D eigenvalue weighted by molar-refractivity contribution is 0.736. The third kappa shape index (κ3) is 3.81. The van der Waals surface area contributed by atoms with Gasteiger partial charge in [-0.1, -0.05) is 29.3 Å². The summed E-state index contributed by atoms with van der Waals surface area (Å²) in [5.74, 6) is 1.43. The van der Waals surface area contributed by atoms with E-state index in [1.165, 1.54) is 5.57 Å². The van der Waals surface area contributed by atoms with Crippen LogP contribution in [-0.4, -0.2) is 47.2 Å². The molecule has 4 aromatic heterocycles. The maximum Gasteiger partial charge on any atom is 0.180 e. The number of imidazole rings is 2. The zero-order valence-electron chi connectivity index (χ0n) is 18.3. The van der Waals surface area contributed by atoms with Gasteiger partial charge >= 0.3 is 0 Å². The maximum absolute atomic E-state index is 6.15. The van der Waals surface area contributed by atoms with Crippen LogP contribution in [-0.2, 0) is 13.6 Å². The first-order chi connectivity index (χ1) is 16.5. The summed E-state index contributed by atoms with van der Waals surface area (Å²) in [5.41, 5.74) is 6.40. The summed E-state index contributed by atoms with van der Waals surface area (Å²) in [6.45, 7) is 2.20. The first-order valence-electron chi connectivity index (χ1n) is 10.9. The second kappa shape index (κ2) is 8.43. The summed E-state index contributed by atoms with van der Waals surface area (Å²) in [6, 6.07) is 3.54. The maximum atomic E-state index is 6.15. The fourth-order valence-corrected chi connectivity index (χ4v) is 4.51. The highest BCUT2D eigenvalue weighted by Gasteiger charge is 2.17. The molecule has 0 saturated carbocycles. The Morgan fingerprint density at radius 1 is 1.12 bits per heavy atom. The van der Waals surface area contributed by atoms with Crippen molar-refractivity contribution in [3.8, 4) is 11.3 Å². The van der Waals surface area contributed by atoms with Gasteiger partial charge in [-0.2, -0.15) is 5.10 Å². The number of hydrogen-bond donors (Lipinski definition) is 3. The van der Waals surface area contributed by atoms with E-state index in [0.717, 1.165) is 59.0 Å². The number of nitrogens with zero attached hydrogens (tertiary/aromatic N) is 6. The predicted octanol–water partition coefficient (Wildman–Crippen LogP) is 4.30. The topological polar surface area (TPSA) is 101 Å². The Balaban J connectivity index is 1.40. The smallest absolute Gasteiger partial charge is 0.180 e. The Bertz CT molecular complexity index is 1520. The summed E-state index contributed by atoms with van der Waals surface area (Å²) in [5, 5.41) is 12.1. The third-order valence-corrected chi connectivity index (χ3v) is 6.60. The molecule has 3 N–H and O–H groups in total. The predicted molar refractivity (Wildman–Crippen MR) is 134 cm³/mol. The monoisotopic (exact) mass is 493 g/mol. The van der Waals surface area contributed by atoms with Crippen molar-refractivity contribution < 1.29 is 0 Å². The number of rotatable bonds is 5. The van der Waals surface area contributed by atoms with E-state index in [0.29, 0.717) is 22.4 Å². The standard InChI is InChI=1S/C23H21Cl2N9/c1-33-11-14(8-29-33)20-9-28-23-22(32-19(12-34(20)23)13-2-4-26-5-3-13)27-10-21-30-17-6-15(24)16(25)7-18(17)31-21/h2,6-9,11-12,26H,3-5,10H2,1H3,(H,27,32)(H,30,31). The van der Waals surface area contributed by atoms with Crippen molar-refractivity contribution in [1.29, 1.82) is 0 Å². The Kier molecular flexibility index (Phi) is 5.24. The van der Waals surface area contributed by atoms with Gasteiger partial charge in [0, 0.05) is 31.5 Å². The zero-order valence-corrected chi connectivity index (χ0v) is 19.8. The number of fused-ring (bicyclic) bond motifs is 2. The van der Waals surface area contributed by atoms with Gasteiger partial charge in [-0.05, 0) is 30.7 Å². The van der Waals surface area contributed by atoms with Crippen molar-refractivity contribution in [1.82, 2.24) is 39.4 Å². The molecule has 0 atom stereocenters. The number of aromatic nitrogens is 7. The van der Waals surface area contributed by atoms with E-state index in [-0.39, 0.29) is 0 Å². The van der Waals surface area contributed by atoms with E-state index >= 15 is 0 Å². The first-order valence-corrected chi connectivity index (χ1v) is 11.7. The lowest BCUT2D eigenvalue weighted by Crippen LogP contribution is -2.20. The molecule has 6 rings (SSSR count). The van der Waals surface area contributed by atoms with Crippen molar-refractivity contribution in [3.05, 3.63) is 64.6 Å². The average molecular weight is 494 g/mol. The number of nitrogens with one attached hydrogen (secondary N) is 3. The van der Waals surface area contributed by atoms with Gasteiger partial charge in [0.2, 0.25) is 0 Å². The molecule has 0 amide bonds. The van der Waals surface area contributed by atoms with Gasteiger partial charge in [0.05, 0.1) is 51.4 Å². The summed E-state index contributed by atoms with van der Waals surface area (Å²) in [4.78, 5) is 17.5. The third-order valence-electron chi connectivity index (χ3n) is 5.88. The minimum Gasteiger partial charge on any atom is -0.360 e.